The van der Waals surface area contributed by atoms with Crippen molar-refractivity contribution in [2.24, 2.45) is 0 Å². The number of likely N-dealkylation sites (N-methyl/N-ethyl adjacent to an activating group) is 1. The third kappa shape index (κ3) is 9.00. The summed E-state index contributed by atoms with van der Waals surface area (Å²) in [6.07, 6.45) is 5.45. The molecule has 0 amide bonds. The van der Waals surface area contributed by atoms with Crippen LogP contribution in [-0.2, 0) is 6.42 Å². The van der Waals surface area contributed by atoms with Gasteiger partial charge in [-0.1, -0.05) is 64.1 Å². The summed E-state index contributed by atoms with van der Waals surface area (Å²) < 4.78 is 0. The van der Waals surface area contributed by atoms with E-state index >= 15 is 0 Å². The lowest BCUT2D eigenvalue weighted by atomic mass is 10.1. The van der Waals surface area contributed by atoms with Gasteiger partial charge < -0.3 is 5.32 Å². The highest BCUT2D eigenvalue weighted by molar-refractivity contribution is 5.27. The normalized spacial score (nSPS) is 11.1. The van der Waals surface area contributed by atoms with Gasteiger partial charge in [-0.25, -0.2) is 0 Å². The van der Waals surface area contributed by atoms with Crippen LogP contribution >= 0.6 is 0 Å². The van der Waals surface area contributed by atoms with Crippen LogP contribution in [-0.4, -0.2) is 13.1 Å². The Morgan fingerprint density at radius 3 is 2.17 bits per heavy atom. The molecule has 1 nitrogen and oxygen atoms in total. The minimum absolute atomic E-state index is 0.457. The molecule has 1 atom stereocenters. The van der Waals surface area contributed by atoms with Crippen molar-refractivity contribution >= 4 is 0 Å². The molecule has 1 unspecified atom stereocenters. The van der Waals surface area contributed by atoms with Crippen LogP contribution in [0.5, 0.6) is 0 Å². The third-order valence-electron chi connectivity index (χ3n) is 2.48. The number of hydrogen-bond donors (Lipinski definition) is 1. The molecule has 0 aromatic heterocycles. The van der Waals surface area contributed by atoms with E-state index in [1.807, 2.05) is 34.7 Å². The maximum Gasteiger partial charge on any atom is 0.0218 e. The molecule has 0 heterocycles. The highest BCUT2D eigenvalue weighted by Gasteiger charge is 1.94. The molecule has 1 heteroatoms. The standard InChI is InChI=1S/C13H19N.2C2H6/c1-11-7-4-5-9-13(11)10-6-8-12(2)14-3;2*1-2/h4-9,12,14H,10H2,1-3H3;2*1-2H3/b8-6-;;. The molecule has 18 heavy (non-hydrogen) atoms. The first kappa shape index (κ1) is 19.3. The van der Waals surface area contributed by atoms with E-state index in [-0.39, 0.29) is 0 Å². The van der Waals surface area contributed by atoms with Gasteiger partial charge in [0.15, 0.2) is 0 Å². The van der Waals surface area contributed by atoms with Crippen molar-refractivity contribution in [3.63, 3.8) is 0 Å². The van der Waals surface area contributed by atoms with Crippen LogP contribution in [0.1, 0.15) is 45.7 Å². The summed E-state index contributed by atoms with van der Waals surface area (Å²) >= 11 is 0. The van der Waals surface area contributed by atoms with E-state index in [0.717, 1.165) is 6.42 Å². The molecule has 1 N–H and O–H groups in total. The molecule has 104 valence electrons. The van der Waals surface area contributed by atoms with Gasteiger partial charge in [-0.3, -0.25) is 0 Å². The van der Waals surface area contributed by atoms with Crippen molar-refractivity contribution in [3.05, 3.63) is 47.5 Å². The molecule has 1 rings (SSSR count). The van der Waals surface area contributed by atoms with Gasteiger partial charge >= 0.3 is 0 Å². The van der Waals surface area contributed by atoms with E-state index in [1.165, 1.54) is 11.1 Å². The summed E-state index contributed by atoms with van der Waals surface area (Å²) in [5.41, 5.74) is 2.78. The Kier molecular flexibility index (Phi) is 15.0. The van der Waals surface area contributed by atoms with Crippen molar-refractivity contribution in [1.29, 1.82) is 0 Å². The van der Waals surface area contributed by atoms with E-state index in [0.29, 0.717) is 6.04 Å². The van der Waals surface area contributed by atoms with Crippen LogP contribution in [0.3, 0.4) is 0 Å². The zero-order valence-electron chi connectivity index (χ0n) is 13.2. The maximum atomic E-state index is 3.18. The number of nitrogens with one attached hydrogen (secondary N) is 1. The second-order valence-corrected chi connectivity index (χ2v) is 3.64. The van der Waals surface area contributed by atoms with Gasteiger partial charge in [0, 0.05) is 6.04 Å². The van der Waals surface area contributed by atoms with Crippen LogP contribution in [0.2, 0.25) is 0 Å². The summed E-state index contributed by atoms with van der Waals surface area (Å²) in [6.45, 7) is 12.3. The molecule has 0 radical (unpaired) electrons. The molecule has 0 fully saturated rings. The largest absolute Gasteiger partial charge is 0.314 e. The minimum atomic E-state index is 0.457. The third-order valence-corrected chi connectivity index (χ3v) is 2.48. The average Bonchev–Trinajstić information content (AvgIpc) is 2.45. The fourth-order valence-corrected chi connectivity index (χ4v) is 1.33. The van der Waals surface area contributed by atoms with Crippen LogP contribution < -0.4 is 5.32 Å². The first-order valence-corrected chi connectivity index (χ1v) is 7.12. The maximum absolute atomic E-state index is 3.18. The number of rotatable bonds is 4. The first-order chi connectivity index (χ1) is 8.74. The summed E-state index contributed by atoms with van der Waals surface area (Å²) in [5.74, 6) is 0. The molecule has 0 saturated carbocycles. The Bertz CT molecular complexity index is 302. The van der Waals surface area contributed by atoms with Crippen LogP contribution in [0.15, 0.2) is 36.4 Å². The van der Waals surface area contributed by atoms with Gasteiger partial charge in [-0.15, -0.1) is 0 Å². The van der Waals surface area contributed by atoms with Gasteiger partial charge in [0.25, 0.3) is 0 Å². The number of benzene rings is 1. The molecule has 0 saturated heterocycles. The molecule has 0 aliphatic rings. The lowest BCUT2D eigenvalue weighted by Crippen LogP contribution is -2.17. The summed E-state index contributed by atoms with van der Waals surface area (Å²) in [6, 6.07) is 8.98. The van der Waals surface area contributed by atoms with E-state index < -0.39 is 0 Å². The van der Waals surface area contributed by atoms with Gasteiger partial charge in [-0.05, 0) is 38.4 Å². The van der Waals surface area contributed by atoms with Gasteiger partial charge in [-0.2, -0.15) is 0 Å². The second-order valence-electron chi connectivity index (χ2n) is 3.64. The molecule has 0 spiro atoms. The molecule has 0 bridgehead atoms. The minimum Gasteiger partial charge on any atom is -0.314 e. The fourth-order valence-electron chi connectivity index (χ4n) is 1.33. The van der Waals surface area contributed by atoms with Crippen LogP contribution in [0.4, 0.5) is 0 Å². The smallest absolute Gasteiger partial charge is 0.0218 e. The highest BCUT2D eigenvalue weighted by atomic mass is 14.8. The van der Waals surface area contributed by atoms with E-state index in [1.54, 1.807) is 0 Å². The predicted octanol–water partition coefficient (Wildman–Crippen LogP) is 4.75. The highest BCUT2D eigenvalue weighted by Crippen LogP contribution is 2.08. The van der Waals surface area contributed by atoms with E-state index in [9.17, 15) is 0 Å². The Balaban J connectivity index is 0. The summed E-state index contributed by atoms with van der Waals surface area (Å²) in [5, 5.41) is 3.18. The van der Waals surface area contributed by atoms with Crippen LogP contribution in [0.25, 0.3) is 0 Å². The number of aryl methyl sites for hydroxylation is 1. The van der Waals surface area contributed by atoms with Gasteiger partial charge in [0.05, 0.1) is 0 Å². The predicted molar refractivity (Wildman–Crippen MR) is 85.2 cm³/mol. The Morgan fingerprint density at radius 2 is 1.67 bits per heavy atom. The average molecular weight is 249 g/mol. The van der Waals surface area contributed by atoms with Crippen molar-refractivity contribution in [3.8, 4) is 0 Å². The number of hydrogen-bond acceptors (Lipinski definition) is 1. The van der Waals surface area contributed by atoms with Gasteiger partial charge in [0.2, 0.25) is 0 Å². The first-order valence-electron chi connectivity index (χ1n) is 7.12. The molecule has 1 aromatic rings. The second kappa shape index (κ2) is 14.0. The monoisotopic (exact) mass is 249 g/mol. The van der Waals surface area contributed by atoms with E-state index in [2.05, 4.69) is 55.6 Å². The summed E-state index contributed by atoms with van der Waals surface area (Å²) in [4.78, 5) is 0. The lowest BCUT2D eigenvalue weighted by Gasteiger charge is -2.04. The molecular weight excluding hydrogens is 218 g/mol. The van der Waals surface area contributed by atoms with Crippen LogP contribution in [0, 0.1) is 6.92 Å². The van der Waals surface area contributed by atoms with Crippen molar-refractivity contribution in [1.82, 2.24) is 5.32 Å². The van der Waals surface area contributed by atoms with Crippen molar-refractivity contribution in [2.45, 2.75) is 54.0 Å². The summed E-state index contributed by atoms with van der Waals surface area (Å²) in [7, 11) is 1.97. The SMILES string of the molecule is CC.CC.CNC(C)/C=C\Cc1ccccc1C. The molecule has 0 aliphatic carbocycles. The van der Waals surface area contributed by atoms with Gasteiger partial charge in [0.1, 0.15) is 0 Å². The Morgan fingerprint density at radius 1 is 1.11 bits per heavy atom. The fraction of sp³-hybridized carbons (Fsp3) is 0.529. The Hall–Kier alpha value is -1.08. The molecule has 1 aromatic carbocycles. The topological polar surface area (TPSA) is 12.0 Å². The zero-order valence-corrected chi connectivity index (χ0v) is 13.2. The lowest BCUT2D eigenvalue weighted by molar-refractivity contribution is 0.727. The Labute approximate surface area is 114 Å². The van der Waals surface area contributed by atoms with E-state index in [4.69, 9.17) is 0 Å². The van der Waals surface area contributed by atoms with Crippen molar-refractivity contribution in [2.75, 3.05) is 7.05 Å². The zero-order chi connectivity index (χ0) is 14.4. The quantitative estimate of drug-likeness (QED) is 0.759. The molecular formula is C17H31N. The number of allylic oxidation sites excluding steroid dienone is 1. The molecule has 0 aliphatic heterocycles. The van der Waals surface area contributed by atoms with Crippen molar-refractivity contribution < 1.29 is 0 Å².